The molecule has 0 N–H and O–H groups in total. The van der Waals surface area contributed by atoms with E-state index in [0.29, 0.717) is 23.6 Å². The van der Waals surface area contributed by atoms with Crippen LogP contribution < -0.4 is 0 Å². The minimum Gasteiger partial charge on any atom is -0.612 e. The van der Waals surface area contributed by atoms with E-state index in [1.54, 1.807) is 11.2 Å². The summed E-state index contributed by atoms with van der Waals surface area (Å²) in [5.41, 5.74) is 1.15. The lowest BCUT2D eigenvalue weighted by Gasteiger charge is -2.32. The SMILES string of the molecule is C[S+]([O-])c1ccc(-c2nc(C3CCN(C(=O)OC(C)(C)C)CC3)oc2Br)cc1. The Morgan fingerprint density at radius 3 is 2.43 bits per heavy atom. The second-order valence-corrected chi connectivity index (χ2v) is 9.99. The molecule has 1 unspecified atom stereocenters. The molecule has 2 heterocycles. The standard InChI is InChI=1S/C20H25BrN2O4S/c1-20(2,3)27-19(24)23-11-9-14(10-12-23)18-22-16(17(21)26-18)13-5-7-15(8-6-13)28(4)25/h5-8,14H,9-12H2,1-4H3. The lowest BCUT2D eigenvalue weighted by molar-refractivity contribution is 0.0199. The number of amides is 1. The molecule has 1 saturated heterocycles. The second kappa shape index (κ2) is 8.47. The van der Waals surface area contributed by atoms with Crippen LogP contribution in [0.5, 0.6) is 0 Å². The Labute approximate surface area is 177 Å². The highest BCUT2D eigenvalue weighted by Gasteiger charge is 2.30. The summed E-state index contributed by atoms with van der Waals surface area (Å²) in [5.74, 6) is 0.833. The van der Waals surface area contributed by atoms with Crippen LogP contribution in [0.2, 0.25) is 0 Å². The van der Waals surface area contributed by atoms with E-state index in [2.05, 4.69) is 20.9 Å². The molecule has 0 radical (unpaired) electrons. The van der Waals surface area contributed by atoms with Crippen molar-refractivity contribution in [2.45, 2.75) is 50.0 Å². The Morgan fingerprint density at radius 2 is 1.89 bits per heavy atom. The summed E-state index contributed by atoms with van der Waals surface area (Å²) in [7, 11) is 0. The number of carbonyl (C=O) groups is 1. The van der Waals surface area contributed by atoms with Crippen molar-refractivity contribution in [2.24, 2.45) is 0 Å². The van der Waals surface area contributed by atoms with Gasteiger partial charge in [-0.3, -0.25) is 0 Å². The van der Waals surface area contributed by atoms with E-state index < -0.39 is 16.8 Å². The lowest BCUT2D eigenvalue weighted by Crippen LogP contribution is -2.41. The van der Waals surface area contributed by atoms with Gasteiger partial charge in [0.2, 0.25) is 0 Å². The average molecular weight is 469 g/mol. The molecule has 0 spiro atoms. The number of oxazole rings is 1. The maximum absolute atomic E-state index is 12.2. The van der Waals surface area contributed by atoms with E-state index in [-0.39, 0.29) is 12.0 Å². The summed E-state index contributed by atoms with van der Waals surface area (Å²) < 4.78 is 23.5. The van der Waals surface area contributed by atoms with Crippen molar-refractivity contribution in [3.63, 3.8) is 0 Å². The first kappa shape index (κ1) is 21.2. The first-order chi connectivity index (χ1) is 13.1. The molecule has 1 aromatic carbocycles. The predicted octanol–water partition coefficient (Wildman–Crippen LogP) is 4.96. The number of piperidine rings is 1. The molecule has 1 aliphatic heterocycles. The number of aromatic nitrogens is 1. The Hall–Kier alpha value is -1.51. The monoisotopic (exact) mass is 468 g/mol. The van der Waals surface area contributed by atoms with Crippen molar-refractivity contribution < 1.29 is 18.5 Å². The van der Waals surface area contributed by atoms with E-state index in [9.17, 15) is 9.35 Å². The number of hydrogen-bond donors (Lipinski definition) is 0. The Bertz CT molecular complexity index is 822. The molecule has 1 amide bonds. The number of rotatable bonds is 3. The molecule has 6 nitrogen and oxygen atoms in total. The van der Waals surface area contributed by atoms with Crippen LogP contribution in [0.3, 0.4) is 0 Å². The molecular weight excluding hydrogens is 444 g/mol. The van der Waals surface area contributed by atoms with Crippen LogP contribution in [0.15, 0.2) is 38.2 Å². The molecule has 1 aliphatic rings. The fourth-order valence-electron chi connectivity index (χ4n) is 3.11. The molecule has 28 heavy (non-hydrogen) atoms. The van der Waals surface area contributed by atoms with Crippen molar-refractivity contribution in [3.8, 4) is 11.3 Å². The smallest absolute Gasteiger partial charge is 0.410 e. The molecule has 1 fully saturated rings. The van der Waals surface area contributed by atoms with Gasteiger partial charge in [0.15, 0.2) is 15.5 Å². The van der Waals surface area contributed by atoms with Crippen LogP contribution >= 0.6 is 15.9 Å². The highest BCUT2D eigenvalue weighted by Crippen LogP contribution is 2.35. The van der Waals surface area contributed by atoms with Crippen LogP contribution in [0.1, 0.15) is 45.4 Å². The molecule has 0 aliphatic carbocycles. The molecule has 0 saturated carbocycles. The van der Waals surface area contributed by atoms with Crippen molar-refractivity contribution in [2.75, 3.05) is 19.3 Å². The van der Waals surface area contributed by atoms with Gasteiger partial charge < -0.3 is 18.6 Å². The van der Waals surface area contributed by atoms with E-state index in [1.807, 2.05) is 45.0 Å². The topological polar surface area (TPSA) is 78.6 Å². The highest BCUT2D eigenvalue weighted by atomic mass is 79.9. The van der Waals surface area contributed by atoms with Gasteiger partial charge in [-0.1, -0.05) is 0 Å². The molecule has 2 aromatic rings. The zero-order valence-electron chi connectivity index (χ0n) is 16.5. The summed E-state index contributed by atoms with van der Waals surface area (Å²) in [6.45, 7) is 6.84. The van der Waals surface area contributed by atoms with Gasteiger partial charge in [0.25, 0.3) is 0 Å². The number of halogens is 1. The van der Waals surface area contributed by atoms with Gasteiger partial charge in [-0.05, 0) is 85.0 Å². The van der Waals surface area contributed by atoms with Gasteiger partial charge in [0.1, 0.15) is 17.6 Å². The average Bonchev–Trinajstić information content (AvgIpc) is 3.02. The third-order valence-corrected chi connectivity index (χ3v) is 6.03. The highest BCUT2D eigenvalue weighted by molar-refractivity contribution is 9.10. The largest absolute Gasteiger partial charge is 0.612 e. The molecule has 152 valence electrons. The number of carbonyl (C=O) groups excluding carboxylic acids is 1. The lowest BCUT2D eigenvalue weighted by atomic mass is 9.97. The molecule has 1 aromatic heterocycles. The van der Waals surface area contributed by atoms with Crippen molar-refractivity contribution in [1.29, 1.82) is 0 Å². The molecule has 1 atom stereocenters. The minimum absolute atomic E-state index is 0.158. The maximum Gasteiger partial charge on any atom is 0.410 e. The summed E-state index contributed by atoms with van der Waals surface area (Å²) >= 11 is 2.45. The second-order valence-electron chi connectivity index (χ2n) is 7.89. The molecular formula is C20H25BrN2O4S. The number of hydrogen-bond acceptors (Lipinski definition) is 5. The Balaban J connectivity index is 1.66. The van der Waals surface area contributed by atoms with Gasteiger partial charge >= 0.3 is 6.09 Å². The van der Waals surface area contributed by atoms with Crippen molar-refractivity contribution in [1.82, 2.24) is 9.88 Å². The number of nitrogens with zero attached hydrogens (tertiary/aromatic N) is 2. The number of ether oxygens (including phenoxy) is 1. The number of benzene rings is 1. The summed E-state index contributed by atoms with van der Waals surface area (Å²) in [6, 6.07) is 7.47. The molecule has 3 rings (SSSR count). The summed E-state index contributed by atoms with van der Waals surface area (Å²) in [4.78, 5) is 19.4. The van der Waals surface area contributed by atoms with Crippen LogP contribution in [0.4, 0.5) is 4.79 Å². The zero-order chi connectivity index (χ0) is 20.5. The van der Waals surface area contributed by atoms with Crippen LogP contribution in [-0.4, -0.2) is 45.5 Å². The van der Waals surface area contributed by atoms with Crippen LogP contribution in [0, 0.1) is 0 Å². The predicted molar refractivity (Wildman–Crippen MR) is 112 cm³/mol. The fraction of sp³-hybridized carbons (Fsp3) is 0.500. The number of likely N-dealkylation sites (tertiary alicyclic amines) is 1. The minimum atomic E-state index is -1.01. The van der Waals surface area contributed by atoms with Gasteiger partial charge in [-0.2, -0.15) is 0 Å². The Morgan fingerprint density at radius 1 is 1.29 bits per heavy atom. The van der Waals surface area contributed by atoms with Gasteiger partial charge in [-0.15, -0.1) is 0 Å². The van der Waals surface area contributed by atoms with E-state index >= 15 is 0 Å². The molecule has 0 bridgehead atoms. The normalized spacial score (nSPS) is 16.9. The summed E-state index contributed by atoms with van der Waals surface area (Å²) in [5, 5.41) is 0. The third kappa shape index (κ3) is 5.10. The van der Waals surface area contributed by atoms with Gasteiger partial charge in [0.05, 0.1) is 0 Å². The fourth-order valence-corrected chi connectivity index (χ4v) is 4.11. The van der Waals surface area contributed by atoms with Crippen molar-refractivity contribution >= 4 is 33.2 Å². The van der Waals surface area contributed by atoms with Gasteiger partial charge in [-0.25, -0.2) is 9.78 Å². The molecule has 8 heteroatoms. The van der Waals surface area contributed by atoms with E-state index in [4.69, 9.17) is 9.15 Å². The van der Waals surface area contributed by atoms with Crippen LogP contribution in [0.25, 0.3) is 11.3 Å². The van der Waals surface area contributed by atoms with E-state index in [1.165, 1.54) is 0 Å². The Kier molecular flexibility index (Phi) is 6.41. The van der Waals surface area contributed by atoms with Gasteiger partial charge in [0, 0.05) is 24.6 Å². The van der Waals surface area contributed by atoms with E-state index in [0.717, 1.165) is 29.0 Å². The third-order valence-electron chi connectivity index (χ3n) is 4.56. The maximum atomic E-state index is 12.2. The summed E-state index contributed by atoms with van der Waals surface area (Å²) in [6.07, 6.45) is 2.94. The zero-order valence-corrected chi connectivity index (χ0v) is 18.9. The first-order valence-corrected chi connectivity index (χ1v) is 11.6. The van der Waals surface area contributed by atoms with Crippen molar-refractivity contribution in [3.05, 3.63) is 34.8 Å². The quantitative estimate of drug-likeness (QED) is 0.594. The van der Waals surface area contributed by atoms with Crippen LogP contribution in [-0.2, 0) is 15.9 Å². The first-order valence-electron chi connectivity index (χ1n) is 9.22.